The molecule has 0 spiro atoms. The highest BCUT2D eigenvalue weighted by atomic mass is 15.2. The average molecular weight is 221 g/mol. The van der Waals surface area contributed by atoms with Crippen molar-refractivity contribution in [2.24, 2.45) is 7.05 Å². The fraction of sp³-hybridized carbons (Fsp3) is 0.692. The molecule has 16 heavy (non-hydrogen) atoms. The lowest BCUT2D eigenvalue weighted by Crippen LogP contribution is -2.34. The maximum atomic E-state index is 3.51. The van der Waals surface area contributed by atoms with Gasteiger partial charge in [0.25, 0.3) is 0 Å². The fourth-order valence-electron chi connectivity index (χ4n) is 2.45. The molecule has 1 aromatic heterocycles. The van der Waals surface area contributed by atoms with Gasteiger partial charge in [0.05, 0.1) is 0 Å². The zero-order valence-electron chi connectivity index (χ0n) is 10.4. The summed E-state index contributed by atoms with van der Waals surface area (Å²) in [7, 11) is 2.06. The first kappa shape index (κ1) is 11.7. The van der Waals surface area contributed by atoms with E-state index in [9.17, 15) is 0 Å². The summed E-state index contributed by atoms with van der Waals surface area (Å²) in [6.07, 6.45) is 7.02. The molecule has 1 aliphatic rings. The van der Waals surface area contributed by atoms with Crippen molar-refractivity contribution in [1.82, 2.24) is 14.8 Å². The summed E-state index contributed by atoms with van der Waals surface area (Å²) < 4.78 is 2.10. The summed E-state index contributed by atoms with van der Waals surface area (Å²) in [5, 5.41) is 3.51. The smallest absolute Gasteiger partial charge is 0.0221 e. The predicted octanol–water partition coefficient (Wildman–Crippen LogP) is 1.60. The molecule has 0 saturated carbocycles. The first-order valence-corrected chi connectivity index (χ1v) is 6.31. The van der Waals surface area contributed by atoms with E-state index in [0.717, 1.165) is 19.1 Å². The predicted molar refractivity (Wildman–Crippen MR) is 67.4 cm³/mol. The molecule has 1 aromatic rings. The van der Waals surface area contributed by atoms with Crippen LogP contribution in [0.15, 0.2) is 18.5 Å². The molecular formula is C13H23N3. The molecule has 1 atom stereocenters. The van der Waals surface area contributed by atoms with Gasteiger partial charge in [-0.05, 0) is 37.9 Å². The van der Waals surface area contributed by atoms with E-state index in [0.29, 0.717) is 0 Å². The zero-order chi connectivity index (χ0) is 11.4. The van der Waals surface area contributed by atoms with Gasteiger partial charge in [0.15, 0.2) is 0 Å². The van der Waals surface area contributed by atoms with Crippen molar-refractivity contribution in [3.05, 3.63) is 24.0 Å². The molecule has 0 aromatic carbocycles. The van der Waals surface area contributed by atoms with Gasteiger partial charge < -0.3 is 9.88 Å². The van der Waals surface area contributed by atoms with Crippen molar-refractivity contribution in [1.29, 1.82) is 0 Å². The van der Waals surface area contributed by atoms with Crippen LogP contribution >= 0.6 is 0 Å². The Bertz CT molecular complexity index is 319. The molecule has 1 N–H and O–H groups in total. The second-order valence-corrected chi connectivity index (χ2v) is 4.89. The van der Waals surface area contributed by atoms with Crippen LogP contribution in [0.25, 0.3) is 0 Å². The van der Waals surface area contributed by atoms with Crippen molar-refractivity contribution < 1.29 is 0 Å². The number of aromatic nitrogens is 1. The number of nitrogens with zero attached hydrogens (tertiary/aromatic N) is 2. The Labute approximate surface area is 98.4 Å². The molecule has 1 fully saturated rings. The largest absolute Gasteiger partial charge is 0.357 e. The SMILES string of the molecule is CC1CCCN1CCNCc1ccn(C)c1. The van der Waals surface area contributed by atoms with E-state index < -0.39 is 0 Å². The number of aryl methyl sites for hydroxylation is 1. The average Bonchev–Trinajstić information content (AvgIpc) is 2.83. The highest BCUT2D eigenvalue weighted by molar-refractivity contribution is 5.09. The van der Waals surface area contributed by atoms with Crippen LogP contribution in [0.1, 0.15) is 25.3 Å². The molecule has 0 aliphatic carbocycles. The van der Waals surface area contributed by atoms with E-state index in [-0.39, 0.29) is 0 Å². The van der Waals surface area contributed by atoms with Gasteiger partial charge in [-0.3, -0.25) is 4.90 Å². The minimum atomic E-state index is 0.790. The topological polar surface area (TPSA) is 20.2 Å². The number of hydrogen-bond acceptors (Lipinski definition) is 2. The number of nitrogens with one attached hydrogen (secondary N) is 1. The van der Waals surface area contributed by atoms with Crippen LogP contribution in [0.2, 0.25) is 0 Å². The molecule has 90 valence electrons. The molecule has 3 heteroatoms. The molecule has 1 aliphatic heterocycles. The maximum Gasteiger partial charge on any atom is 0.0221 e. The number of rotatable bonds is 5. The van der Waals surface area contributed by atoms with Crippen molar-refractivity contribution in [3.63, 3.8) is 0 Å². The van der Waals surface area contributed by atoms with Crippen LogP contribution in [-0.2, 0) is 13.6 Å². The van der Waals surface area contributed by atoms with E-state index in [1.807, 2.05) is 0 Å². The van der Waals surface area contributed by atoms with Crippen LogP contribution in [0.4, 0.5) is 0 Å². The van der Waals surface area contributed by atoms with Crippen LogP contribution in [0.3, 0.4) is 0 Å². The Morgan fingerprint density at radius 1 is 1.50 bits per heavy atom. The highest BCUT2D eigenvalue weighted by Gasteiger charge is 2.18. The van der Waals surface area contributed by atoms with Gasteiger partial charge >= 0.3 is 0 Å². The van der Waals surface area contributed by atoms with Gasteiger partial charge in [-0.25, -0.2) is 0 Å². The number of likely N-dealkylation sites (tertiary alicyclic amines) is 1. The lowest BCUT2D eigenvalue weighted by molar-refractivity contribution is 0.268. The van der Waals surface area contributed by atoms with Gasteiger partial charge in [0.2, 0.25) is 0 Å². The van der Waals surface area contributed by atoms with Crippen molar-refractivity contribution in [2.45, 2.75) is 32.4 Å². The summed E-state index contributed by atoms with van der Waals surface area (Å²) in [6, 6.07) is 2.96. The Kier molecular flexibility index (Phi) is 4.02. The molecule has 2 rings (SSSR count). The van der Waals surface area contributed by atoms with Crippen LogP contribution in [-0.4, -0.2) is 35.1 Å². The molecule has 0 bridgehead atoms. The molecule has 1 saturated heterocycles. The van der Waals surface area contributed by atoms with Gasteiger partial charge in [-0.1, -0.05) is 0 Å². The first-order valence-electron chi connectivity index (χ1n) is 6.31. The highest BCUT2D eigenvalue weighted by Crippen LogP contribution is 2.14. The van der Waals surface area contributed by atoms with Gasteiger partial charge in [-0.2, -0.15) is 0 Å². The lowest BCUT2D eigenvalue weighted by atomic mass is 10.2. The zero-order valence-corrected chi connectivity index (χ0v) is 10.4. The van der Waals surface area contributed by atoms with Gasteiger partial charge in [0, 0.05) is 45.1 Å². The van der Waals surface area contributed by atoms with E-state index in [1.165, 1.54) is 31.5 Å². The Morgan fingerprint density at radius 2 is 2.38 bits per heavy atom. The van der Waals surface area contributed by atoms with Gasteiger partial charge in [-0.15, -0.1) is 0 Å². The van der Waals surface area contributed by atoms with Crippen LogP contribution in [0, 0.1) is 0 Å². The molecule has 3 nitrogen and oxygen atoms in total. The van der Waals surface area contributed by atoms with Crippen LogP contribution < -0.4 is 5.32 Å². The summed E-state index contributed by atoms with van der Waals surface area (Å²) >= 11 is 0. The minimum absolute atomic E-state index is 0.790. The van der Waals surface area contributed by atoms with Crippen molar-refractivity contribution in [3.8, 4) is 0 Å². The first-order chi connectivity index (χ1) is 7.75. The molecule has 0 amide bonds. The monoisotopic (exact) mass is 221 g/mol. The van der Waals surface area contributed by atoms with E-state index in [4.69, 9.17) is 0 Å². The molecular weight excluding hydrogens is 198 g/mol. The number of hydrogen-bond donors (Lipinski definition) is 1. The van der Waals surface area contributed by atoms with E-state index in [2.05, 4.69) is 47.2 Å². The molecule has 0 radical (unpaired) electrons. The maximum absolute atomic E-state index is 3.51. The third-order valence-electron chi connectivity index (χ3n) is 3.49. The standard InChI is InChI=1S/C13H23N3/c1-12-4-3-7-16(12)9-6-14-10-13-5-8-15(2)11-13/h5,8,11-12,14H,3-4,6-7,9-10H2,1-2H3. The summed E-state index contributed by atoms with van der Waals surface area (Å²) in [5.41, 5.74) is 1.37. The fourth-order valence-corrected chi connectivity index (χ4v) is 2.45. The second kappa shape index (κ2) is 5.51. The van der Waals surface area contributed by atoms with E-state index in [1.54, 1.807) is 0 Å². The summed E-state index contributed by atoms with van der Waals surface area (Å²) in [4.78, 5) is 2.58. The molecule has 1 unspecified atom stereocenters. The Hall–Kier alpha value is -0.800. The van der Waals surface area contributed by atoms with E-state index >= 15 is 0 Å². The summed E-state index contributed by atoms with van der Waals surface area (Å²) in [6.45, 7) is 6.90. The van der Waals surface area contributed by atoms with Crippen molar-refractivity contribution >= 4 is 0 Å². The lowest BCUT2D eigenvalue weighted by Gasteiger charge is -2.20. The minimum Gasteiger partial charge on any atom is -0.357 e. The van der Waals surface area contributed by atoms with Gasteiger partial charge in [0.1, 0.15) is 0 Å². The Morgan fingerprint density at radius 3 is 3.00 bits per heavy atom. The molecule has 2 heterocycles. The third kappa shape index (κ3) is 3.09. The van der Waals surface area contributed by atoms with Crippen LogP contribution in [0.5, 0.6) is 0 Å². The quantitative estimate of drug-likeness (QED) is 0.762. The normalized spacial score (nSPS) is 21.8. The third-order valence-corrected chi connectivity index (χ3v) is 3.49. The summed E-state index contributed by atoms with van der Waals surface area (Å²) in [5.74, 6) is 0. The second-order valence-electron chi connectivity index (χ2n) is 4.89. The van der Waals surface area contributed by atoms with Crippen molar-refractivity contribution in [2.75, 3.05) is 19.6 Å². The Balaban J connectivity index is 1.61.